The topological polar surface area (TPSA) is 96.3 Å². The molecule has 1 heterocycles. The van der Waals surface area contributed by atoms with Crippen LogP contribution in [0.2, 0.25) is 0 Å². The van der Waals surface area contributed by atoms with E-state index in [2.05, 4.69) is 72.5 Å². The van der Waals surface area contributed by atoms with Crippen molar-refractivity contribution in [3.63, 3.8) is 0 Å². The molecule has 1 aromatic heterocycles. The van der Waals surface area contributed by atoms with Crippen LogP contribution in [0.4, 0.5) is 5.13 Å². The van der Waals surface area contributed by atoms with Crippen molar-refractivity contribution in [1.29, 1.82) is 0 Å². The van der Waals surface area contributed by atoms with Crippen LogP contribution < -0.4 is 5.32 Å². The van der Waals surface area contributed by atoms with Crippen LogP contribution in [0.3, 0.4) is 0 Å². The molecule has 3 aromatic carbocycles. The molecule has 0 aliphatic rings. The maximum Gasteiger partial charge on any atom is 0.350 e. The lowest BCUT2D eigenvalue weighted by Crippen LogP contribution is -2.38. The number of carboxylic acid groups (broad SMARTS) is 1. The number of carboxylic acids is 1. The number of carbonyl (C=O) groups is 1. The van der Waals surface area contributed by atoms with E-state index in [-0.39, 0.29) is 6.61 Å². The number of hydrogen-bond donors (Lipinski definition) is 2. The van der Waals surface area contributed by atoms with Gasteiger partial charge in [0.25, 0.3) is 0 Å². The van der Waals surface area contributed by atoms with Crippen LogP contribution in [-0.2, 0) is 19.9 Å². The lowest BCUT2D eigenvalue weighted by atomic mass is 9.77. The van der Waals surface area contributed by atoms with Crippen molar-refractivity contribution < 1.29 is 19.5 Å². The van der Waals surface area contributed by atoms with Gasteiger partial charge in [0.1, 0.15) is 18.2 Å². The van der Waals surface area contributed by atoms with Gasteiger partial charge in [0.2, 0.25) is 0 Å². The quantitative estimate of drug-likeness (QED) is 0.0854. The summed E-state index contributed by atoms with van der Waals surface area (Å²) < 4.78 is 5.80. The monoisotopic (exact) mass is 602 g/mol. The second-order valence-corrected chi connectivity index (χ2v) is 10.3. The molecule has 0 fully saturated rings. The van der Waals surface area contributed by atoms with Gasteiger partial charge in [-0.25, -0.2) is 9.78 Å². The average Bonchev–Trinajstić information content (AvgIpc) is 3.52. The van der Waals surface area contributed by atoms with E-state index in [1.165, 1.54) is 31.0 Å². The van der Waals surface area contributed by atoms with E-state index in [0.717, 1.165) is 16.7 Å². The first-order chi connectivity index (χ1) is 21.0. The number of ether oxygens (including phenoxy) is 1. The van der Waals surface area contributed by atoms with E-state index >= 15 is 0 Å². The van der Waals surface area contributed by atoms with Crippen molar-refractivity contribution in [2.75, 3.05) is 38.2 Å². The maximum absolute atomic E-state index is 10.6. The van der Waals surface area contributed by atoms with Gasteiger partial charge in [-0.2, -0.15) is 0 Å². The van der Waals surface area contributed by atoms with Gasteiger partial charge in [-0.05, 0) is 43.2 Å². The molecule has 2 N–H and O–H groups in total. The van der Waals surface area contributed by atoms with Crippen molar-refractivity contribution in [3.8, 4) is 0 Å². The number of hydrogen-bond acceptors (Lipinski definition) is 8. The number of aliphatic carboxylic acids is 1. The third-order valence-corrected chi connectivity index (χ3v) is 7.72. The van der Waals surface area contributed by atoms with E-state index in [1.54, 1.807) is 0 Å². The number of thiazole rings is 1. The standard InChI is InChI=1S/C28H27N3O4S.C6H15N/c1-2-34-25(19-35-29-18-26(32)33)24-20-36-27(30-24)31-28(21-12-6-3-7-13-21,22-14-8-4-9-15-22)23-16-10-5-11-17-23;1-4-7(5-2)6-3/h3-18,20,25H,2,19H2,1H3,(H,30,31)(H,32,33);4-6H2,1-3H3/b29-18-;. The van der Waals surface area contributed by atoms with Gasteiger partial charge in [-0.1, -0.05) is 117 Å². The third kappa shape index (κ3) is 9.47. The summed E-state index contributed by atoms with van der Waals surface area (Å²) in [5.74, 6) is -1.18. The number of benzene rings is 3. The van der Waals surface area contributed by atoms with E-state index in [4.69, 9.17) is 19.7 Å². The zero-order valence-corrected chi connectivity index (χ0v) is 26.2. The van der Waals surface area contributed by atoms with Gasteiger partial charge in [-0.3, -0.25) is 0 Å². The summed E-state index contributed by atoms with van der Waals surface area (Å²) in [6.45, 7) is 12.5. The summed E-state index contributed by atoms with van der Waals surface area (Å²) in [6.07, 6.45) is 0.206. The highest BCUT2D eigenvalue weighted by Gasteiger charge is 2.37. The number of nitrogens with zero attached hydrogens (tertiary/aromatic N) is 3. The Kier molecular flexibility index (Phi) is 13.8. The second kappa shape index (κ2) is 17.8. The minimum Gasteiger partial charge on any atom is -0.477 e. The number of nitrogens with one attached hydrogen (secondary N) is 1. The number of anilines is 1. The molecule has 4 rings (SSSR count). The Hall–Kier alpha value is -4.05. The van der Waals surface area contributed by atoms with E-state index < -0.39 is 17.6 Å². The number of aromatic nitrogens is 1. The van der Waals surface area contributed by atoms with E-state index in [1.807, 2.05) is 66.9 Å². The predicted molar refractivity (Wildman–Crippen MR) is 175 cm³/mol. The summed E-state index contributed by atoms with van der Waals surface area (Å²) in [5, 5.41) is 18.5. The Morgan fingerprint density at radius 1 is 0.907 bits per heavy atom. The van der Waals surface area contributed by atoms with Crippen LogP contribution in [0.5, 0.6) is 0 Å². The van der Waals surface area contributed by atoms with E-state index in [9.17, 15) is 4.79 Å². The molecule has 0 saturated carbocycles. The van der Waals surface area contributed by atoms with Crippen LogP contribution in [0.1, 0.15) is 56.2 Å². The molecule has 0 amide bonds. The molecule has 0 spiro atoms. The van der Waals surface area contributed by atoms with Crippen molar-refractivity contribution in [2.45, 2.75) is 39.3 Å². The van der Waals surface area contributed by atoms with Gasteiger partial charge in [0.15, 0.2) is 11.3 Å². The molecular weight excluding hydrogens is 560 g/mol. The van der Waals surface area contributed by atoms with Crippen LogP contribution in [0.25, 0.3) is 0 Å². The minimum atomic E-state index is -1.18. The molecule has 8 nitrogen and oxygen atoms in total. The summed E-state index contributed by atoms with van der Waals surface area (Å²) in [4.78, 5) is 23.0. The highest BCUT2D eigenvalue weighted by atomic mass is 32.1. The smallest absolute Gasteiger partial charge is 0.350 e. The van der Waals surface area contributed by atoms with Gasteiger partial charge in [-0.15, -0.1) is 11.3 Å². The van der Waals surface area contributed by atoms with Gasteiger partial charge in [0, 0.05) is 12.0 Å². The Labute approximate surface area is 259 Å². The van der Waals surface area contributed by atoms with Crippen molar-refractivity contribution in [2.24, 2.45) is 5.16 Å². The predicted octanol–water partition coefficient (Wildman–Crippen LogP) is 7.06. The van der Waals surface area contributed by atoms with Gasteiger partial charge in [0.05, 0.1) is 5.69 Å². The van der Waals surface area contributed by atoms with Crippen LogP contribution >= 0.6 is 11.3 Å². The lowest BCUT2D eigenvalue weighted by Gasteiger charge is -2.36. The summed E-state index contributed by atoms with van der Waals surface area (Å²) >= 11 is 1.47. The zero-order valence-electron chi connectivity index (χ0n) is 25.3. The fourth-order valence-corrected chi connectivity index (χ4v) is 5.52. The molecule has 228 valence electrons. The Morgan fingerprint density at radius 2 is 1.40 bits per heavy atom. The van der Waals surface area contributed by atoms with Gasteiger partial charge >= 0.3 is 5.97 Å². The fourth-order valence-electron chi connectivity index (χ4n) is 4.72. The maximum atomic E-state index is 10.6. The van der Waals surface area contributed by atoms with Crippen LogP contribution in [-0.4, -0.2) is 60.0 Å². The summed E-state index contributed by atoms with van der Waals surface area (Å²) in [6, 6.07) is 30.9. The number of rotatable bonds is 15. The molecule has 0 aliphatic heterocycles. The molecule has 0 radical (unpaired) electrons. The molecule has 4 aromatic rings. The Morgan fingerprint density at radius 3 is 1.79 bits per heavy atom. The number of oxime groups is 1. The van der Waals surface area contributed by atoms with Crippen molar-refractivity contribution in [1.82, 2.24) is 9.88 Å². The SMILES string of the molecule is CCN(CC)CC.CCOC(CO/N=C\C(=O)O)c1csc(NC(c2ccccc2)(c2ccccc2)c2ccccc2)n1. The first-order valence-electron chi connectivity index (χ1n) is 14.6. The van der Waals surface area contributed by atoms with Crippen molar-refractivity contribution >= 4 is 28.7 Å². The second-order valence-electron chi connectivity index (χ2n) is 9.48. The normalized spacial score (nSPS) is 12.0. The third-order valence-electron chi connectivity index (χ3n) is 6.94. The van der Waals surface area contributed by atoms with Gasteiger partial charge < -0.3 is 24.9 Å². The molecular formula is C34H42N4O4S. The molecule has 43 heavy (non-hydrogen) atoms. The fraction of sp³-hybridized carbons (Fsp3) is 0.324. The van der Waals surface area contributed by atoms with Crippen LogP contribution in [0, 0.1) is 0 Å². The summed E-state index contributed by atoms with van der Waals surface area (Å²) in [5.41, 5.74) is 3.21. The van der Waals surface area contributed by atoms with E-state index in [0.29, 0.717) is 23.6 Å². The Bertz CT molecular complexity index is 1260. The van der Waals surface area contributed by atoms with Crippen LogP contribution in [0.15, 0.2) is 102 Å². The Balaban J connectivity index is 0.000000646. The first kappa shape index (κ1) is 33.5. The highest BCUT2D eigenvalue weighted by Crippen LogP contribution is 2.41. The molecule has 9 heteroatoms. The largest absolute Gasteiger partial charge is 0.477 e. The molecule has 0 saturated heterocycles. The molecule has 0 bridgehead atoms. The summed E-state index contributed by atoms with van der Waals surface area (Å²) in [7, 11) is 0. The van der Waals surface area contributed by atoms with Crippen molar-refractivity contribution in [3.05, 3.63) is 119 Å². The highest BCUT2D eigenvalue weighted by molar-refractivity contribution is 7.13. The molecule has 1 unspecified atom stereocenters. The lowest BCUT2D eigenvalue weighted by molar-refractivity contribution is -0.129. The minimum absolute atomic E-state index is 0.0436. The molecule has 0 aliphatic carbocycles. The first-order valence-corrected chi connectivity index (χ1v) is 15.5. The zero-order chi connectivity index (χ0) is 30.9. The molecule has 1 atom stereocenters. The average molecular weight is 603 g/mol.